The SMILES string of the molecule is CCOP(=O)(NC(=S)Nc1ccc(N(CC)CC)cc1)SC(C)CC. The number of nitrogens with one attached hydrogen (secondary N) is 2. The zero-order valence-electron chi connectivity index (χ0n) is 15.7. The van der Waals surface area contributed by atoms with E-state index in [-0.39, 0.29) is 5.25 Å². The summed E-state index contributed by atoms with van der Waals surface area (Å²) in [5, 5.41) is 6.49. The lowest BCUT2D eigenvalue weighted by Gasteiger charge is -2.23. The monoisotopic (exact) mass is 403 g/mol. The molecule has 0 saturated heterocycles. The molecule has 2 unspecified atom stereocenters. The predicted molar refractivity (Wildman–Crippen MR) is 116 cm³/mol. The van der Waals surface area contributed by atoms with E-state index in [4.69, 9.17) is 16.7 Å². The van der Waals surface area contributed by atoms with Crippen molar-refractivity contribution in [1.29, 1.82) is 0 Å². The van der Waals surface area contributed by atoms with Gasteiger partial charge in [0.05, 0.1) is 6.61 Å². The molecule has 0 saturated carbocycles. The molecule has 5 nitrogen and oxygen atoms in total. The maximum Gasteiger partial charge on any atom is 0.353 e. The molecule has 2 N–H and O–H groups in total. The van der Waals surface area contributed by atoms with E-state index < -0.39 is 6.72 Å². The lowest BCUT2D eigenvalue weighted by Crippen LogP contribution is -2.26. The van der Waals surface area contributed by atoms with Crippen LogP contribution in [0, 0.1) is 0 Å². The molecule has 1 aromatic carbocycles. The zero-order chi connectivity index (χ0) is 18.9. The van der Waals surface area contributed by atoms with Crippen LogP contribution in [0.1, 0.15) is 41.0 Å². The summed E-state index contributed by atoms with van der Waals surface area (Å²) in [4.78, 5) is 2.27. The maximum absolute atomic E-state index is 12.9. The molecule has 0 heterocycles. The first kappa shape index (κ1) is 22.3. The maximum atomic E-state index is 12.9. The van der Waals surface area contributed by atoms with Gasteiger partial charge in [0, 0.05) is 29.7 Å². The lowest BCUT2D eigenvalue weighted by atomic mass is 10.2. The summed E-state index contributed by atoms with van der Waals surface area (Å²) < 4.78 is 18.4. The minimum Gasteiger partial charge on any atom is -0.372 e. The number of anilines is 2. The van der Waals surface area contributed by atoms with Crippen molar-refractivity contribution >= 4 is 46.8 Å². The van der Waals surface area contributed by atoms with Crippen molar-refractivity contribution in [1.82, 2.24) is 5.09 Å². The van der Waals surface area contributed by atoms with Crippen LogP contribution in [-0.2, 0) is 9.09 Å². The third-order valence-corrected chi connectivity index (χ3v) is 8.61. The summed E-state index contributed by atoms with van der Waals surface area (Å²) in [5.41, 5.74) is 2.02. The Hall–Kier alpha value is -0.750. The van der Waals surface area contributed by atoms with Gasteiger partial charge in [-0.25, -0.2) is 0 Å². The van der Waals surface area contributed by atoms with E-state index in [1.165, 1.54) is 17.1 Å². The second-order valence-electron chi connectivity index (χ2n) is 5.52. The van der Waals surface area contributed by atoms with Crippen LogP contribution in [0.4, 0.5) is 11.4 Å². The molecule has 0 aromatic heterocycles. The Kier molecular flexibility index (Phi) is 9.87. The number of rotatable bonds is 10. The van der Waals surface area contributed by atoms with Crippen LogP contribution in [0.5, 0.6) is 0 Å². The van der Waals surface area contributed by atoms with E-state index in [2.05, 4.69) is 36.1 Å². The Morgan fingerprint density at radius 3 is 2.32 bits per heavy atom. The van der Waals surface area contributed by atoms with Crippen molar-refractivity contribution in [3.8, 4) is 0 Å². The van der Waals surface area contributed by atoms with Gasteiger partial charge in [-0.3, -0.25) is 9.65 Å². The average Bonchev–Trinajstić information content (AvgIpc) is 2.57. The van der Waals surface area contributed by atoms with E-state index >= 15 is 0 Å². The quantitative estimate of drug-likeness (QED) is 0.395. The Labute approximate surface area is 161 Å². The van der Waals surface area contributed by atoms with Crippen molar-refractivity contribution in [2.75, 3.05) is 29.9 Å². The van der Waals surface area contributed by atoms with Gasteiger partial charge in [0.15, 0.2) is 5.11 Å². The van der Waals surface area contributed by atoms with E-state index in [0.29, 0.717) is 11.7 Å². The standard InChI is InChI=1S/C17H30N3O2PS2/c1-6-14(5)25-23(21,22-9-4)19-17(24)18-15-10-12-16(13-11-15)20(7-2)8-3/h10-14H,6-9H2,1-5H3,(H2,18,19,21,24). The third kappa shape index (κ3) is 7.57. The normalized spacial score (nSPS) is 14.4. The fourth-order valence-corrected chi connectivity index (χ4v) is 7.09. The molecule has 2 atom stereocenters. The minimum absolute atomic E-state index is 0.223. The smallest absolute Gasteiger partial charge is 0.353 e. The number of thiocarbonyl (C=S) groups is 1. The number of hydrogen-bond acceptors (Lipinski definition) is 5. The molecule has 0 aliphatic rings. The molecule has 0 aliphatic heterocycles. The molecule has 1 aromatic rings. The van der Waals surface area contributed by atoms with E-state index in [1.807, 2.05) is 38.1 Å². The van der Waals surface area contributed by atoms with Gasteiger partial charge in [0.25, 0.3) is 0 Å². The molecule has 1 rings (SSSR count). The van der Waals surface area contributed by atoms with E-state index in [1.54, 1.807) is 0 Å². The van der Waals surface area contributed by atoms with Gasteiger partial charge in [-0.15, -0.1) is 0 Å². The summed E-state index contributed by atoms with van der Waals surface area (Å²) in [6, 6.07) is 8.03. The van der Waals surface area contributed by atoms with Crippen LogP contribution in [0.15, 0.2) is 24.3 Å². The van der Waals surface area contributed by atoms with Crippen molar-refractivity contribution < 1.29 is 9.09 Å². The molecule has 0 radical (unpaired) electrons. The third-order valence-electron chi connectivity index (χ3n) is 3.68. The van der Waals surface area contributed by atoms with Gasteiger partial charge in [-0.1, -0.05) is 13.8 Å². The Morgan fingerprint density at radius 2 is 1.84 bits per heavy atom. The Morgan fingerprint density at radius 1 is 1.24 bits per heavy atom. The zero-order valence-corrected chi connectivity index (χ0v) is 18.3. The number of hydrogen-bond donors (Lipinski definition) is 2. The highest BCUT2D eigenvalue weighted by atomic mass is 32.7. The van der Waals surface area contributed by atoms with Crippen LogP contribution in [0.2, 0.25) is 0 Å². The van der Waals surface area contributed by atoms with Gasteiger partial charge in [-0.05, 0) is 75.1 Å². The summed E-state index contributed by atoms with van der Waals surface area (Å²) in [6.45, 7) is 9.42. The predicted octanol–water partition coefficient (Wildman–Crippen LogP) is 5.50. The van der Waals surface area contributed by atoms with Crippen molar-refractivity contribution in [3.05, 3.63) is 24.3 Å². The highest BCUT2D eigenvalue weighted by Crippen LogP contribution is 2.58. The minimum atomic E-state index is -3.07. The van der Waals surface area contributed by atoms with Gasteiger partial charge in [0.2, 0.25) is 0 Å². The summed E-state index contributed by atoms with van der Waals surface area (Å²) in [6.07, 6.45) is 0.913. The van der Waals surface area contributed by atoms with Gasteiger partial charge in [0.1, 0.15) is 0 Å². The first-order valence-electron chi connectivity index (χ1n) is 8.74. The first-order valence-corrected chi connectivity index (χ1v) is 12.3. The molecule has 25 heavy (non-hydrogen) atoms. The molecular formula is C17H30N3O2PS2. The molecule has 0 bridgehead atoms. The fourth-order valence-electron chi connectivity index (χ4n) is 2.20. The topological polar surface area (TPSA) is 53.6 Å². The second kappa shape index (κ2) is 11.1. The Bertz CT molecular complexity index is 580. The Balaban J connectivity index is 2.72. The number of nitrogens with zero attached hydrogens (tertiary/aromatic N) is 1. The number of benzene rings is 1. The van der Waals surface area contributed by atoms with Crippen LogP contribution in [0.3, 0.4) is 0 Å². The van der Waals surface area contributed by atoms with Crippen LogP contribution < -0.4 is 15.3 Å². The fraction of sp³-hybridized carbons (Fsp3) is 0.588. The summed E-state index contributed by atoms with van der Waals surface area (Å²) >= 11 is 6.63. The van der Waals surface area contributed by atoms with Crippen LogP contribution in [0.25, 0.3) is 0 Å². The highest BCUT2D eigenvalue weighted by molar-refractivity contribution is 8.56. The average molecular weight is 404 g/mol. The lowest BCUT2D eigenvalue weighted by molar-refractivity contribution is 0.343. The largest absolute Gasteiger partial charge is 0.372 e. The second-order valence-corrected chi connectivity index (χ2v) is 10.5. The summed E-state index contributed by atoms with van der Waals surface area (Å²) in [7, 11) is 0. The van der Waals surface area contributed by atoms with Gasteiger partial charge >= 0.3 is 6.72 Å². The van der Waals surface area contributed by atoms with Crippen LogP contribution >= 0.6 is 30.3 Å². The van der Waals surface area contributed by atoms with Crippen molar-refractivity contribution in [2.24, 2.45) is 0 Å². The molecule has 8 heteroatoms. The molecule has 142 valence electrons. The molecule has 0 spiro atoms. The molecule has 0 amide bonds. The van der Waals surface area contributed by atoms with Crippen LogP contribution in [-0.4, -0.2) is 30.1 Å². The van der Waals surface area contributed by atoms with E-state index in [9.17, 15) is 4.57 Å². The first-order chi connectivity index (χ1) is 11.9. The van der Waals surface area contributed by atoms with Crippen molar-refractivity contribution in [2.45, 2.75) is 46.3 Å². The van der Waals surface area contributed by atoms with Gasteiger partial charge in [-0.2, -0.15) is 0 Å². The molecular weight excluding hydrogens is 373 g/mol. The summed E-state index contributed by atoms with van der Waals surface area (Å²) in [5.74, 6) is 0. The highest BCUT2D eigenvalue weighted by Gasteiger charge is 2.27. The van der Waals surface area contributed by atoms with Crippen molar-refractivity contribution in [3.63, 3.8) is 0 Å². The van der Waals surface area contributed by atoms with Gasteiger partial charge < -0.3 is 14.7 Å². The van der Waals surface area contributed by atoms with E-state index in [0.717, 1.165) is 25.2 Å². The molecule has 0 fully saturated rings. The molecule has 0 aliphatic carbocycles.